The van der Waals surface area contributed by atoms with E-state index in [1.54, 1.807) is 4.90 Å². The van der Waals surface area contributed by atoms with Crippen LogP contribution in [-0.2, 0) is 17.7 Å². The van der Waals surface area contributed by atoms with E-state index in [2.05, 4.69) is 14.9 Å². The van der Waals surface area contributed by atoms with Crippen LogP contribution >= 0.6 is 0 Å². The number of imidazole rings is 1. The van der Waals surface area contributed by atoms with E-state index in [-0.39, 0.29) is 12.1 Å². The fraction of sp³-hybridized carbons (Fsp3) is 0.750. The van der Waals surface area contributed by atoms with Crippen LogP contribution in [0.25, 0.3) is 0 Å². The minimum Gasteiger partial charge on any atom is -0.376 e. The largest absolute Gasteiger partial charge is 0.376 e. The van der Waals surface area contributed by atoms with E-state index in [4.69, 9.17) is 4.74 Å². The molecular weight excluding hydrogens is 280 g/mol. The van der Waals surface area contributed by atoms with Gasteiger partial charge in [-0.2, -0.15) is 0 Å². The number of fused-ring (bicyclic) bond motifs is 1. The Morgan fingerprint density at radius 1 is 1.50 bits per heavy atom. The fourth-order valence-corrected chi connectivity index (χ4v) is 3.35. The number of rotatable bonds is 4. The van der Waals surface area contributed by atoms with Gasteiger partial charge < -0.3 is 19.5 Å². The molecule has 2 atom stereocenters. The minimum absolute atomic E-state index is 0.00286. The molecule has 0 bridgehead atoms. The van der Waals surface area contributed by atoms with Crippen LogP contribution in [0.4, 0.5) is 4.79 Å². The SMILES string of the molecule is CN(C[C@@H]1CCn2ccnc2C1)C(=O)NC[C@@H]1CCCCO1. The Bertz CT molecular complexity index is 496. The number of ether oxygens (including phenoxy) is 1. The van der Waals surface area contributed by atoms with Crippen molar-refractivity contribution in [2.24, 2.45) is 5.92 Å². The molecule has 1 aromatic rings. The summed E-state index contributed by atoms with van der Waals surface area (Å²) in [7, 11) is 1.87. The number of hydrogen-bond donors (Lipinski definition) is 1. The van der Waals surface area contributed by atoms with Crippen molar-refractivity contribution in [3.63, 3.8) is 0 Å². The molecule has 6 heteroatoms. The van der Waals surface area contributed by atoms with Gasteiger partial charge in [-0.25, -0.2) is 9.78 Å². The lowest BCUT2D eigenvalue weighted by atomic mass is 9.97. The highest BCUT2D eigenvalue weighted by atomic mass is 16.5. The second kappa shape index (κ2) is 7.13. The number of carbonyl (C=O) groups excluding carboxylic acids is 1. The van der Waals surface area contributed by atoms with Crippen molar-refractivity contribution < 1.29 is 9.53 Å². The fourth-order valence-electron chi connectivity index (χ4n) is 3.35. The van der Waals surface area contributed by atoms with Crippen LogP contribution in [0.2, 0.25) is 0 Å². The summed E-state index contributed by atoms with van der Waals surface area (Å²) in [5.74, 6) is 1.64. The van der Waals surface area contributed by atoms with E-state index in [1.807, 2.05) is 19.4 Å². The molecule has 0 saturated carbocycles. The molecule has 2 aliphatic rings. The van der Waals surface area contributed by atoms with Crippen molar-refractivity contribution in [2.75, 3.05) is 26.7 Å². The Labute approximate surface area is 131 Å². The number of urea groups is 1. The monoisotopic (exact) mass is 306 g/mol. The highest BCUT2D eigenvalue weighted by Gasteiger charge is 2.22. The number of carbonyl (C=O) groups is 1. The van der Waals surface area contributed by atoms with Gasteiger partial charge in [-0.15, -0.1) is 0 Å². The van der Waals surface area contributed by atoms with Gasteiger partial charge in [0.25, 0.3) is 0 Å². The molecule has 6 nitrogen and oxygen atoms in total. The molecule has 1 saturated heterocycles. The second-order valence-corrected chi connectivity index (χ2v) is 6.45. The molecule has 0 spiro atoms. The van der Waals surface area contributed by atoms with Crippen molar-refractivity contribution in [3.05, 3.63) is 18.2 Å². The lowest BCUT2D eigenvalue weighted by Crippen LogP contribution is -2.44. The summed E-state index contributed by atoms with van der Waals surface area (Å²) in [6, 6.07) is 0.00286. The molecule has 0 unspecified atom stereocenters. The van der Waals surface area contributed by atoms with Crippen LogP contribution in [0.3, 0.4) is 0 Å². The van der Waals surface area contributed by atoms with E-state index in [9.17, 15) is 4.79 Å². The smallest absolute Gasteiger partial charge is 0.317 e. The first kappa shape index (κ1) is 15.3. The van der Waals surface area contributed by atoms with E-state index in [1.165, 1.54) is 6.42 Å². The maximum absolute atomic E-state index is 12.2. The number of nitrogens with one attached hydrogen (secondary N) is 1. The third kappa shape index (κ3) is 3.80. The van der Waals surface area contributed by atoms with Gasteiger partial charge in [0.15, 0.2) is 0 Å². The van der Waals surface area contributed by atoms with Crippen LogP contribution in [0, 0.1) is 5.92 Å². The third-order valence-electron chi connectivity index (χ3n) is 4.68. The lowest BCUT2D eigenvalue weighted by molar-refractivity contribution is 0.0178. The maximum atomic E-state index is 12.2. The van der Waals surface area contributed by atoms with Crippen LogP contribution in [0.5, 0.6) is 0 Å². The Balaban J connectivity index is 1.41. The van der Waals surface area contributed by atoms with Gasteiger partial charge in [0.2, 0.25) is 0 Å². The average molecular weight is 306 g/mol. The topological polar surface area (TPSA) is 59.4 Å². The second-order valence-electron chi connectivity index (χ2n) is 6.45. The van der Waals surface area contributed by atoms with Gasteiger partial charge in [-0.1, -0.05) is 0 Å². The predicted octanol–water partition coefficient (Wildman–Crippen LogP) is 1.66. The summed E-state index contributed by atoms with van der Waals surface area (Å²) in [6.45, 7) is 3.24. The maximum Gasteiger partial charge on any atom is 0.317 e. The van der Waals surface area contributed by atoms with E-state index >= 15 is 0 Å². The first-order chi connectivity index (χ1) is 10.7. The molecule has 2 aliphatic heterocycles. The van der Waals surface area contributed by atoms with E-state index in [0.717, 1.165) is 51.2 Å². The molecule has 22 heavy (non-hydrogen) atoms. The van der Waals surface area contributed by atoms with Crippen molar-refractivity contribution in [3.8, 4) is 0 Å². The average Bonchev–Trinajstić information content (AvgIpc) is 3.01. The number of aryl methyl sites for hydroxylation is 1. The Morgan fingerprint density at radius 3 is 3.23 bits per heavy atom. The molecular formula is C16H26N4O2. The van der Waals surface area contributed by atoms with Crippen molar-refractivity contribution in [2.45, 2.75) is 44.8 Å². The van der Waals surface area contributed by atoms with Gasteiger partial charge in [0.05, 0.1) is 6.10 Å². The normalized spacial score (nSPS) is 24.6. The Hall–Kier alpha value is -1.56. The summed E-state index contributed by atoms with van der Waals surface area (Å²) in [5, 5.41) is 3.00. The van der Waals surface area contributed by atoms with Crippen LogP contribution in [-0.4, -0.2) is 53.3 Å². The standard InChI is InChI=1S/C16H26N4O2/c1-19(16(21)18-11-14-4-2-3-9-22-14)12-13-5-7-20-8-6-17-15(20)10-13/h6,8,13-14H,2-5,7,9-12H2,1H3,(H,18,21)/t13-,14+/m1/s1. The van der Waals surface area contributed by atoms with Gasteiger partial charge in [0, 0.05) is 52.1 Å². The minimum atomic E-state index is 0.00286. The number of nitrogens with zero attached hydrogens (tertiary/aromatic N) is 3. The highest BCUT2D eigenvalue weighted by molar-refractivity contribution is 5.73. The molecule has 0 aromatic carbocycles. The van der Waals surface area contributed by atoms with Crippen LogP contribution < -0.4 is 5.32 Å². The molecule has 122 valence electrons. The molecule has 1 N–H and O–H groups in total. The summed E-state index contributed by atoms with van der Waals surface area (Å²) in [5.41, 5.74) is 0. The lowest BCUT2D eigenvalue weighted by Gasteiger charge is -2.29. The Morgan fingerprint density at radius 2 is 2.41 bits per heavy atom. The van der Waals surface area contributed by atoms with Gasteiger partial charge in [-0.05, 0) is 31.6 Å². The molecule has 1 fully saturated rings. The summed E-state index contributed by atoms with van der Waals surface area (Å²) >= 11 is 0. The molecule has 3 rings (SSSR count). The predicted molar refractivity (Wildman–Crippen MR) is 83.7 cm³/mol. The first-order valence-electron chi connectivity index (χ1n) is 8.33. The van der Waals surface area contributed by atoms with Gasteiger partial charge in [-0.3, -0.25) is 0 Å². The summed E-state index contributed by atoms with van der Waals surface area (Å²) in [6.07, 6.45) is 9.53. The van der Waals surface area contributed by atoms with Crippen molar-refractivity contribution >= 4 is 6.03 Å². The molecule has 2 amide bonds. The van der Waals surface area contributed by atoms with Gasteiger partial charge >= 0.3 is 6.03 Å². The number of amides is 2. The number of hydrogen-bond acceptors (Lipinski definition) is 3. The van der Waals surface area contributed by atoms with Crippen molar-refractivity contribution in [1.82, 2.24) is 19.8 Å². The highest BCUT2D eigenvalue weighted by Crippen LogP contribution is 2.19. The zero-order valence-corrected chi connectivity index (χ0v) is 13.3. The van der Waals surface area contributed by atoms with Crippen molar-refractivity contribution in [1.29, 1.82) is 0 Å². The molecule has 3 heterocycles. The third-order valence-corrected chi connectivity index (χ3v) is 4.68. The zero-order valence-electron chi connectivity index (χ0n) is 13.3. The van der Waals surface area contributed by atoms with E-state index in [0.29, 0.717) is 12.5 Å². The molecule has 1 aromatic heterocycles. The summed E-state index contributed by atoms with van der Waals surface area (Å²) in [4.78, 5) is 18.4. The Kier molecular flexibility index (Phi) is 4.97. The zero-order chi connectivity index (χ0) is 15.4. The first-order valence-corrected chi connectivity index (χ1v) is 8.33. The quantitative estimate of drug-likeness (QED) is 0.920. The number of aromatic nitrogens is 2. The molecule has 0 aliphatic carbocycles. The van der Waals surface area contributed by atoms with E-state index < -0.39 is 0 Å². The van der Waals surface area contributed by atoms with Crippen LogP contribution in [0.1, 0.15) is 31.5 Å². The molecule has 0 radical (unpaired) electrons. The van der Waals surface area contributed by atoms with Gasteiger partial charge in [0.1, 0.15) is 5.82 Å². The summed E-state index contributed by atoms with van der Waals surface area (Å²) < 4.78 is 7.85. The van der Waals surface area contributed by atoms with Crippen LogP contribution in [0.15, 0.2) is 12.4 Å².